The van der Waals surface area contributed by atoms with E-state index in [1.807, 2.05) is 0 Å². The van der Waals surface area contributed by atoms with Gasteiger partial charge in [0.1, 0.15) is 61.4 Å². The van der Waals surface area contributed by atoms with Gasteiger partial charge < -0.3 is 122 Å². The molecule has 11 atom stereocenters. The van der Waals surface area contributed by atoms with Gasteiger partial charge in [0.2, 0.25) is 23.6 Å². The standard InChI is InChI=1S/C59H101N9O25/c1-38(2)50(57(85)65-42(10-8-19-61-58(60)86)55(83)63-40-14-12-39(35-69)13-15-40)66-56(84)41(64-47(76)11-4-3-7-20-68-48(77)16-17-49(68)78)9-5-6-18-62-59(87)93-32-31-92-30-29-91-28-27-90-26-25-89-24-23-88-22-21-67(33-43(72)51(79)53(81)45(74)36-70)34-44(73)52(80)54(82)46(75)37-71/h12-17,38,41-46,50-54,69-75,79-82H,3-11,18-37H2,1-2H3,(H,62,87)(H,63,83)(H,64,76)(H,65,85)(H,66,84)(H3,60,61,86)/t41-,42-,43-,44-,45+,46+,50-,51+,52+,53+,54+/m0/s1. The van der Waals surface area contributed by atoms with Gasteiger partial charge in [-0.05, 0) is 68.6 Å². The first-order chi connectivity index (χ1) is 44.4. The van der Waals surface area contributed by atoms with E-state index in [-0.39, 0.29) is 131 Å². The molecule has 9 amide bonds. The molecule has 1 aliphatic heterocycles. The molecule has 1 heterocycles. The number of primary amides is 1. The van der Waals surface area contributed by atoms with E-state index in [0.29, 0.717) is 43.4 Å². The molecular formula is C59H101N9O25. The minimum absolute atomic E-state index is 0.0116. The third-order valence-corrected chi connectivity index (χ3v) is 14.3. The van der Waals surface area contributed by atoms with Gasteiger partial charge in [0, 0.05) is 63.5 Å². The highest BCUT2D eigenvalue weighted by Crippen LogP contribution is 2.15. The summed E-state index contributed by atoms with van der Waals surface area (Å²) in [5.41, 5.74) is 6.20. The summed E-state index contributed by atoms with van der Waals surface area (Å²) in [5.74, 6) is -3.75. The molecule has 2 rings (SSSR count). The Morgan fingerprint density at radius 3 is 1.53 bits per heavy atom. The smallest absolute Gasteiger partial charge is 0.407 e. The molecule has 0 bridgehead atoms. The predicted octanol–water partition coefficient (Wildman–Crippen LogP) is -5.69. The van der Waals surface area contributed by atoms with Crippen molar-refractivity contribution in [2.24, 2.45) is 11.7 Å². The van der Waals surface area contributed by atoms with E-state index in [1.54, 1.807) is 38.1 Å². The predicted molar refractivity (Wildman–Crippen MR) is 329 cm³/mol. The van der Waals surface area contributed by atoms with E-state index in [9.17, 15) is 84.3 Å². The normalized spacial score (nSPS) is 16.0. The molecule has 0 unspecified atom stereocenters. The largest absolute Gasteiger partial charge is 0.447 e. The number of aliphatic hydroxyl groups is 11. The lowest BCUT2D eigenvalue weighted by Gasteiger charge is -2.33. The summed E-state index contributed by atoms with van der Waals surface area (Å²) in [7, 11) is 0. The Morgan fingerprint density at radius 1 is 0.538 bits per heavy atom. The third-order valence-electron chi connectivity index (χ3n) is 14.3. The number of alkyl carbamates (subject to hydrolysis) is 1. The molecule has 0 fully saturated rings. The van der Waals surface area contributed by atoms with Gasteiger partial charge in [-0.25, -0.2) is 9.59 Å². The van der Waals surface area contributed by atoms with Crippen molar-refractivity contribution < 1.29 is 123 Å². The number of imide groups is 1. The van der Waals surface area contributed by atoms with Crippen LogP contribution in [0.2, 0.25) is 0 Å². The summed E-state index contributed by atoms with van der Waals surface area (Å²) in [5, 5.41) is 124. The first kappa shape index (κ1) is 82.9. The van der Waals surface area contributed by atoms with Gasteiger partial charge >= 0.3 is 12.1 Å². The van der Waals surface area contributed by atoms with E-state index in [2.05, 4.69) is 31.9 Å². The number of unbranched alkanes of at least 4 members (excludes halogenated alkanes) is 3. The van der Waals surface area contributed by atoms with Crippen LogP contribution in [-0.2, 0) is 63.8 Å². The van der Waals surface area contributed by atoms with Crippen LogP contribution >= 0.6 is 0 Å². The zero-order chi connectivity index (χ0) is 69.1. The molecular weight excluding hydrogens is 1230 g/mol. The van der Waals surface area contributed by atoms with Crippen LogP contribution in [0.5, 0.6) is 0 Å². The molecule has 34 nitrogen and oxygen atoms in total. The molecule has 19 N–H and O–H groups in total. The number of hydrogen-bond donors (Lipinski definition) is 18. The number of nitrogens with zero attached hydrogens (tertiary/aromatic N) is 2. The van der Waals surface area contributed by atoms with Crippen LogP contribution in [0, 0.1) is 5.92 Å². The maximum absolute atomic E-state index is 14.0. The third kappa shape index (κ3) is 35.2. The Balaban J connectivity index is 1.76. The lowest BCUT2D eigenvalue weighted by molar-refractivity contribution is -0.137. The second-order valence-electron chi connectivity index (χ2n) is 22.1. The number of aliphatic hydroxyl groups excluding tert-OH is 11. The first-order valence-electron chi connectivity index (χ1n) is 31.1. The molecule has 0 saturated carbocycles. The van der Waals surface area contributed by atoms with Crippen molar-refractivity contribution in [3.05, 3.63) is 42.0 Å². The fourth-order valence-electron chi connectivity index (χ4n) is 8.89. The van der Waals surface area contributed by atoms with Crippen molar-refractivity contribution in [1.29, 1.82) is 0 Å². The topological polar surface area (TPSA) is 519 Å². The summed E-state index contributed by atoms with van der Waals surface area (Å²) in [6.07, 6.45) is -10.5. The Labute approximate surface area is 540 Å². The molecule has 1 aromatic carbocycles. The van der Waals surface area contributed by atoms with Crippen LogP contribution in [0.4, 0.5) is 15.3 Å². The average molecular weight is 1340 g/mol. The maximum Gasteiger partial charge on any atom is 0.407 e. The van der Waals surface area contributed by atoms with Crippen LogP contribution in [0.25, 0.3) is 0 Å². The molecule has 0 saturated heterocycles. The van der Waals surface area contributed by atoms with E-state index in [4.69, 9.17) is 44.4 Å². The maximum atomic E-state index is 14.0. The minimum Gasteiger partial charge on any atom is -0.447 e. The van der Waals surface area contributed by atoms with Crippen molar-refractivity contribution in [2.75, 3.05) is 130 Å². The van der Waals surface area contributed by atoms with E-state index >= 15 is 0 Å². The molecule has 0 spiro atoms. The van der Waals surface area contributed by atoms with E-state index < -0.39 is 147 Å². The van der Waals surface area contributed by atoms with Gasteiger partial charge in [0.05, 0.1) is 98.1 Å². The van der Waals surface area contributed by atoms with Gasteiger partial charge in [0.25, 0.3) is 11.8 Å². The van der Waals surface area contributed by atoms with Crippen LogP contribution in [-0.4, -0.2) is 306 Å². The first-order valence-corrected chi connectivity index (χ1v) is 31.1. The van der Waals surface area contributed by atoms with Gasteiger partial charge in [-0.1, -0.05) is 32.4 Å². The highest BCUT2D eigenvalue weighted by Gasteiger charge is 2.35. The van der Waals surface area contributed by atoms with Gasteiger partial charge in [0.15, 0.2) is 0 Å². The number of carbonyl (C=O) groups is 8. The number of anilines is 1. The zero-order valence-electron chi connectivity index (χ0n) is 53.0. The monoisotopic (exact) mass is 1340 g/mol. The van der Waals surface area contributed by atoms with Crippen molar-refractivity contribution in [3.8, 4) is 0 Å². The summed E-state index contributed by atoms with van der Waals surface area (Å²) < 4.78 is 32.6. The number of carbonyl (C=O) groups excluding carboxylic acids is 8. The number of ether oxygens (including phenoxy) is 6. The highest BCUT2D eigenvalue weighted by atomic mass is 16.6. The molecule has 34 heteroatoms. The number of rotatable bonds is 54. The summed E-state index contributed by atoms with van der Waals surface area (Å²) in [6, 6.07) is 2.18. The summed E-state index contributed by atoms with van der Waals surface area (Å²) >= 11 is 0. The van der Waals surface area contributed by atoms with Crippen molar-refractivity contribution >= 4 is 53.3 Å². The molecule has 0 aliphatic carbocycles. The fourth-order valence-corrected chi connectivity index (χ4v) is 8.89. The number of urea groups is 1. The lowest BCUT2D eigenvalue weighted by Crippen LogP contribution is -2.57. The van der Waals surface area contributed by atoms with Crippen LogP contribution in [0.15, 0.2) is 36.4 Å². The van der Waals surface area contributed by atoms with E-state index in [1.165, 1.54) is 17.1 Å². The van der Waals surface area contributed by atoms with Crippen LogP contribution in [0.1, 0.15) is 77.2 Å². The number of benzene rings is 1. The van der Waals surface area contributed by atoms with Gasteiger partial charge in [-0.2, -0.15) is 0 Å². The number of nitrogens with one attached hydrogen (secondary N) is 6. The number of nitrogens with two attached hydrogens (primary N) is 1. The SMILES string of the molecule is CC(C)[C@H](NC(=O)[C@H](CCCCNC(=O)OCCOCCOCCOCCOCCOCCN(C[C@H](O)[C@@H](O)[C@H](O)[C@H](O)CO)C[C@H](O)[C@@H](O)[C@H](O)[C@H](O)CO)NC(=O)CCCCCN1C(=O)C=CC1=O)C(=O)N[C@@H](CCCNC(N)=O)C(=O)Nc1ccc(CO)cc1. The van der Waals surface area contributed by atoms with Crippen molar-refractivity contribution in [1.82, 2.24) is 36.4 Å². The Morgan fingerprint density at radius 2 is 1.02 bits per heavy atom. The fraction of sp³-hybridized carbons (Fsp3) is 0.729. The minimum atomic E-state index is -1.92. The molecule has 532 valence electrons. The quantitative estimate of drug-likeness (QED) is 0.0213. The van der Waals surface area contributed by atoms with Crippen LogP contribution in [0.3, 0.4) is 0 Å². The van der Waals surface area contributed by atoms with E-state index in [0.717, 1.165) is 4.90 Å². The molecule has 1 aliphatic rings. The molecule has 0 aromatic heterocycles. The zero-order valence-corrected chi connectivity index (χ0v) is 53.0. The Hall–Kier alpha value is -6.16. The Kier molecular flexibility index (Phi) is 43.3. The average Bonchev–Trinajstić information content (AvgIpc) is 1.56. The molecule has 1 aromatic rings. The number of amides is 9. The van der Waals surface area contributed by atoms with Crippen molar-refractivity contribution in [3.63, 3.8) is 0 Å². The second-order valence-corrected chi connectivity index (χ2v) is 22.1. The highest BCUT2D eigenvalue weighted by molar-refractivity contribution is 6.12. The van der Waals surface area contributed by atoms with Crippen LogP contribution < -0.4 is 37.6 Å². The summed E-state index contributed by atoms with van der Waals surface area (Å²) in [4.78, 5) is 105. The Bertz CT molecular complexity index is 2300. The van der Waals surface area contributed by atoms with Gasteiger partial charge in [-0.3, -0.25) is 38.6 Å². The lowest BCUT2D eigenvalue weighted by atomic mass is 10.0. The summed E-state index contributed by atoms with van der Waals surface area (Å²) in [6.45, 7) is 2.51. The van der Waals surface area contributed by atoms with Crippen molar-refractivity contribution in [2.45, 2.75) is 145 Å². The molecule has 0 radical (unpaired) electrons. The number of hydrogen-bond acceptors (Lipinski definition) is 26. The molecule has 93 heavy (non-hydrogen) atoms. The second kappa shape index (κ2) is 48.5. The van der Waals surface area contributed by atoms with Gasteiger partial charge in [-0.15, -0.1) is 0 Å².